The third-order valence-corrected chi connectivity index (χ3v) is 6.33. The molecule has 0 saturated carbocycles. The van der Waals surface area contributed by atoms with Crippen LogP contribution in [0.1, 0.15) is 103 Å². The van der Waals surface area contributed by atoms with Crippen molar-refractivity contribution in [2.24, 2.45) is 0 Å². The van der Waals surface area contributed by atoms with Crippen LogP contribution in [0.5, 0.6) is 5.75 Å². The first-order chi connectivity index (χ1) is 17.8. The molecule has 2 rings (SSSR count). The van der Waals surface area contributed by atoms with Gasteiger partial charge in [-0.15, -0.1) is 0 Å². The average molecular weight is 524 g/mol. The van der Waals surface area contributed by atoms with Gasteiger partial charge in [0.1, 0.15) is 17.2 Å². The molecule has 8 nitrogen and oxygen atoms in total. The van der Waals surface area contributed by atoms with Gasteiger partial charge in [0.2, 0.25) is 5.95 Å². The molecule has 1 aromatic heterocycles. The van der Waals surface area contributed by atoms with E-state index in [1.54, 1.807) is 7.11 Å². The Bertz CT molecular complexity index is 1130. The molecule has 0 aliphatic heterocycles. The summed E-state index contributed by atoms with van der Waals surface area (Å²) < 4.78 is 11.3. The number of aromatic nitrogens is 2. The van der Waals surface area contributed by atoms with Gasteiger partial charge < -0.3 is 20.5 Å². The van der Waals surface area contributed by atoms with Crippen molar-refractivity contribution < 1.29 is 14.3 Å². The van der Waals surface area contributed by atoms with Crippen molar-refractivity contribution in [3.05, 3.63) is 40.6 Å². The first kappa shape index (κ1) is 30.9. The second-order valence-corrected chi connectivity index (χ2v) is 11.3. The predicted molar refractivity (Wildman–Crippen MR) is 152 cm³/mol. The van der Waals surface area contributed by atoms with Gasteiger partial charge in [-0.05, 0) is 64.7 Å². The molecule has 1 heterocycles. The molecular weight excluding hydrogens is 478 g/mol. The summed E-state index contributed by atoms with van der Waals surface area (Å²) in [4.78, 5) is 21.9. The molecule has 3 N–H and O–H groups in total. The average Bonchev–Trinajstić information content (AvgIpc) is 2.83. The number of nitrogen functional groups attached to an aromatic ring is 1. The minimum atomic E-state index is -0.648. The van der Waals surface area contributed by atoms with Gasteiger partial charge >= 0.3 is 5.97 Å². The number of anilines is 2. The molecule has 38 heavy (non-hydrogen) atoms. The lowest BCUT2D eigenvalue weighted by Crippen LogP contribution is -2.30. The van der Waals surface area contributed by atoms with Crippen molar-refractivity contribution in [3.8, 4) is 11.8 Å². The number of carbonyl (C=O) groups is 1. The van der Waals surface area contributed by atoms with E-state index < -0.39 is 11.0 Å². The largest absolute Gasteiger partial charge is 0.496 e. The topological polar surface area (TPSA) is 123 Å². The maximum atomic E-state index is 12.7. The van der Waals surface area contributed by atoms with Crippen LogP contribution in [-0.2, 0) is 27.8 Å². The van der Waals surface area contributed by atoms with Gasteiger partial charge in [-0.25, -0.2) is 4.98 Å². The highest BCUT2D eigenvalue weighted by atomic mass is 16.6. The van der Waals surface area contributed by atoms with E-state index in [-0.39, 0.29) is 24.4 Å². The number of nitrogens with one attached hydrogen (secondary N) is 1. The predicted octanol–water partition coefficient (Wildman–Crippen LogP) is 6.11. The number of carbonyl (C=O) groups excluding carboxylic acids is 1. The van der Waals surface area contributed by atoms with Gasteiger partial charge in [0.15, 0.2) is 0 Å². The van der Waals surface area contributed by atoms with Crippen molar-refractivity contribution in [2.45, 2.75) is 110 Å². The summed E-state index contributed by atoms with van der Waals surface area (Å²) in [5, 5.41) is 13.2. The molecule has 0 aliphatic rings. The van der Waals surface area contributed by atoms with Crippen LogP contribution in [0.4, 0.5) is 11.8 Å². The molecule has 0 unspecified atom stereocenters. The van der Waals surface area contributed by atoms with E-state index in [9.17, 15) is 10.1 Å². The third kappa shape index (κ3) is 8.90. The highest BCUT2D eigenvalue weighted by Crippen LogP contribution is 2.32. The lowest BCUT2D eigenvalue weighted by Gasteiger charge is -2.25. The molecule has 0 saturated heterocycles. The van der Waals surface area contributed by atoms with Gasteiger partial charge in [0.05, 0.1) is 30.7 Å². The molecule has 1 aromatic carbocycles. The number of hydrogen-bond donors (Lipinski definition) is 2. The summed E-state index contributed by atoms with van der Waals surface area (Å²) in [6.45, 7) is 13.6. The molecule has 0 fully saturated rings. The number of nitrogens with zero attached hydrogens (tertiary/aromatic N) is 3. The number of esters is 1. The molecule has 0 bridgehead atoms. The van der Waals surface area contributed by atoms with Crippen LogP contribution in [0.25, 0.3) is 0 Å². The van der Waals surface area contributed by atoms with Crippen molar-refractivity contribution in [1.82, 2.24) is 9.97 Å². The number of ether oxygens (including phenoxy) is 2. The van der Waals surface area contributed by atoms with Crippen LogP contribution in [0.3, 0.4) is 0 Å². The molecule has 208 valence electrons. The number of nitrogens with two attached hydrogens (primary N) is 1. The Morgan fingerprint density at radius 2 is 1.87 bits per heavy atom. The summed E-state index contributed by atoms with van der Waals surface area (Å²) in [5.41, 5.74) is 8.57. The first-order valence-corrected chi connectivity index (χ1v) is 13.6. The van der Waals surface area contributed by atoms with Gasteiger partial charge in [-0.1, -0.05) is 45.2 Å². The van der Waals surface area contributed by atoms with Crippen LogP contribution in [0.15, 0.2) is 18.2 Å². The van der Waals surface area contributed by atoms with Crippen molar-refractivity contribution in [2.75, 3.05) is 18.2 Å². The Morgan fingerprint density at radius 1 is 1.16 bits per heavy atom. The maximum absolute atomic E-state index is 12.7. The van der Waals surface area contributed by atoms with Crippen molar-refractivity contribution in [1.29, 1.82) is 5.26 Å². The smallest absolute Gasteiger partial charge is 0.308 e. The molecular formula is C30H45N5O3. The van der Waals surface area contributed by atoms with Crippen molar-refractivity contribution >= 4 is 17.7 Å². The summed E-state index contributed by atoms with van der Waals surface area (Å²) in [6.07, 6.45) is 5.08. The first-order valence-electron chi connectivity index (χ1n) is 13.6. The summed E-state index contributed by atoms with van der Waals surface area (Å²) in [6, 6.07) is 8.06. The highest BCUT2D eigenvalue weighted by Gasteiger charge is 2.25. The number of rotatable bonds is 13. The molecule has 0 spiro atoms. The highest BCUT2D eigenvalue weighted by molar-refractivity contribution is 5.71. The number of unbranched alkanes of at least 4 members (excludes halogenated alkanes) is 1. The standard InChI is InChI=1S/C30H45N5O3/c1-9-11-13-22(18-26(36)38-29(3,4)5)33-27-23(24(12-10-2)34-28(32)35-27)17-20-16-21(30(6,7)19-31)14-15-25(20)37-8/h14-16,22H,9-13,17-18H2,1-8H3,(H3,32,33,34,35)/t22-/m0/s1. The van der Waals surface area contributed by atoms with Crippen LogP contribution < -0.4 is 15.8 Å². The Hall–Kier alpha value is -3.34. The fourth-order valence-corrected chi connectivity index (χ4v) is 4.31. The van der Waals surface area contributed by atoms with Gasteiger partial charge in [0.25, 0.3) is 0 Å². The Labute approximate surface area is 228 Å². The number of aryl methyl sites for hydroxylation is 1. The SMILES string of the molecule is CCCC[C@@H](CC(=O)OC(C)(C)C)Nc1nc(N)nc(CCC)c1Cc1cc(C(C)(C)C#N)ccc1OC. The lowest BCUT2D eigenvalue weighted by molar-refractivity contribution is -0.155. The van der Waals surface area contributed by atoms with E-state index in [0.717, 1.165) is 60.2 Å². The third-order valence-electron chi connectivity index (χ3n) is 6.33. The summed E-state index contributed by atoms with van der Waals surface area (Å²) in [5.74, 6) is 1.29. The number of nitriles is 1. The van der Waals surface area contributed by atoms with Gasteiger partial charge in [0, 0.05) is 18.0 Å². The minimum Gasteiger partial charge on any atom is -0.496 e. The van der Waals surface area contributed by atoms with E-state index in [1.807, 2.05) is 52.8 Å². The van der Waals surface area contributed by atoms with E-state index in [2.05, 4.69) is 35.2 Å². The number of benzene rings is 1. The molecule has 0 aliphatic carbocycles. The molecule has 1 atom stereocenters. The minimum absolute atomic E-state index is 0.168. The summed E-state index contributed by atoms with van der Waals surface area (Å²) >= 11 is 0. The Morgan fingerprint density at radius 3 is 2.45 bits per heavy atom. The van der Waals surface area contributed by atoms with E-state index in [0.29, 0.717) is 12.2 Å². The number of hydrogen-bond acceptors (Lipinski definition) is 8. The van der Waals surface area contributed by atoms with Crippen LogP contribution in [0.2, 0.25) is 0 Å². The van der Waals surface area contributed by atoms with Crippen LogP contribution in [0, 0.1) is 11.3 Å². The quantitative estimate of drug-likeness (QED) is 0.301. The second kappa shape index (κ2) is 13.5. The maximum Gasteiger partial charge on any atom is 0.308 e. The molecule has 0 radical (unpaired) electrons. The van der Waals surface area contributed by atoms with E-state index in [4.69, 9.17) is 15.2 Å². The Kier molecular flexibility index (Phi) is 10.9. The lowest BCUT2D eigenvalue weighted by atomic mass is 9.84. The van der Waals surface area contributed by atoms with Gasteiger partial charge in [-0.3, -0.25) is 4.79 Å². The number of methoxy groups -OCH3 is 1. The summed E-state index contributed by atoms with van der Waals surface area (Å²) in [7, 11) is 1.64. The molecule has 0 amide bonds. The van der Waals surface area contributed by atoms with Crippen LogP contribution >= 0.6 is 0 Å². The molecule has 8 heteroatoms. The van der Waals surface area contributed by atoms with E-state index >= 15 is 0 Å². The van der Waals surface area contributed by atoms with Gasteiger partial charge in [-0.2, -0.15) is 10.2 Å². The van der Waals surface area contributed by atoms with E-state index in [1.165, 1.54) is 0 Å². The Balaban J connectivity index is 2.55. The zero-order chi connectivity index (χ0) is 28.5. The fraction of sp³-hybridized carbons (Fsp3) is 0.600. The zero-order valence-corrected chi connectivity index (χ0v) is 24.4. The van der Waals surface area contributed by atoms with Crippen molar-refractivity contribution in [3.63, 3.8) is 0 Å². The normalized spacial score (nSPS) is 12.5. The zero-order valence-electron chi connectivity index (χ0n) is 24.4. The molecule has 2 aromatic rings. The fourth-order valence-electron chi connectivity index (χ4n) is 4.31. The van der Waals surface area contributed by atoms with Crippen LogP contribution in [-0.4, -0.2) is 34.7 Å². The monoisotopic (exact) mass is 523 g/mol. The second-order valence-electron chi connectivity index (χ2n) is 11.3.